The van der Waals surface area contributed by atoms with Gasteiger partial charge in [0.2, 0.25) is 11.9 Å². The second-order valence-electron chi connectivity index (χ2n) is 7.64. The first kappa shape index (κ1) is 19.1. The lowest BCUT2D eigenvalue weighted by Gasteiger charge is -2.32. The molecule has 1 atom stereocenters. The van der Waals surface area contributed by atoms with Gasteiger partial charge in [0, 0.05) is 19.7 Å². The first-order chi connectivity index (χ1) is 14.9. The molecule has 0 bridgehead atoms. The maximum Gasteiger partial charge on any atom is 0.417 e. The number of fused-ring (bicyclic) bond motifs is 2. The van der Waals surface area contributed by atoms with Crippen molar-refractivity contribution >= 4 is 29.4 Å². The summed E-state index contributed by atoms with van der Waals surface area (Å²) < 4.78 is 15.3. The highest BCUT2D eigenvalue weighted by Crippen LogP contribution is 2.24. The van der Waals surface area contributed by atoms with Gasteiger partial charge in [-0.3, -0.25) is 14.6 Å². The molecule has 3 amide bonds. The van der Waals surface area contributed by atoms with Gasteiger partial charge in [-0.25, -0.2) is 13.8 Å². The van der Waals surface area contributed by atoms with E-state index in [2.05, 4.69) is 4.99 Å². The Kier molecular flexibility index (Phi) is 4.39. The second kappa shape index (κ2) is 7.12. The minimum Gasteiger partial charge on any atom is -0.270 e. The van der Waals surface area contributed by atoms with Crippen molar-refractivity contribution in [1.29, 1.82) is 0 Å². The number of aliphatic imine (C=N–C) groups is 1. The van der Waals surface area contributed by atoms with E-state index in [0.29, 0.717) is 30.6 Å². The van der Waals surface area contributed by atoms with E-state index in [0.717, 1.165) is 16.0 Å². The number of hydrogen-bond acceptors (Lipinski definition) is 5. The van der Waals surface area contributed by atoms with Gasteiger partial charge in [0.15, 0.2) is 0 Å². The molecule has 156 valence electrons. The van der Waals surface area contributed by atoms with Crippen LogP contribution in [0.3, 0.4) is 0 Å². The summed E-state index contributed by atoms with van der Waals surface area (Å²) in [5, 5.41) is 6.51. The van der Waals surface area contributed by atoms with Crippen molar-refractivity contribution in [2.75, 3.05) is 20.6 Å². The molecule has 0 N–H and O–H groups in total. The maximum atomic E-state index is 13.5. The van der Waals surface area contributed by atoms with Gasteiger partial charge in [-0.2, -0.15) is 0 Å². The Balaban J connectivity index is 1.58. The zero-order valence-corrected chi connectivity index (χ0v) is 17.1. The smallest absolute Gasteiger partial charge is 0.270 e. The Morgan fingerprint density at radius 2 is 1.74 bits per heavy atom. The third-order valence-corrected chi connectivity index (χ3v) is 5.65. The summed E-state index contributed by atoms with van der Waals surface area (Å²) in [5.74, 6) is 0.233. The van der Waals surface area contributed by atoms with Crippen LogP contribution in [-0.2, 0) is 11.3 Å². The third kappa shape index (κ3) is 3.09. The van der Waals surface area contributed by atoms with E-state index >= 15 is 0 Å². The van der Waals surface area contributed by atoms with Crippen LogP contribution in [0.5, 0.6) is 0 Å². The molecule has 1 unspecified atom stereocenters. The number of rotatable bonds is 3. The molecule has 0 aromatic heterocycles. The number of urea groups is 1. The van der Waals surface area contributed by atoms with Gasteiger partial charge in [-0.05, 0) is 17.7 Å². The molecule has 0 aliphatic carbocycles. The summed E-state index contributed by atoms with van der Waals surface area (Å²) in [7, 11) is 3.08. The minimum absolute atomic E-state index is 0.311. The van der Waals surface area contributed by atoms with Crippen molar-refractivity contribution in [3.05, 3.63) is 71.5 Å². The number of hydrogen-bond donors (Lipinski definition) is 0. The molecule has 1 saturated heterocycles. The van der Waals surface area contributed by atoms with Gasteiger partial charge >= 0.3 is 12.0 Å². The number of nitrogens with zero attached hydrogens (tertiary/aromatic N) is 6. The number of hydrazone groups is 1. The maximum absolute atomic E-state index is 13.5. The van der Waals surface area contributed by atoms with Gasteiger partial charge in [0.05, 0.1) is 0 Å². The number of guanidine groups is 1. The molecule has 5 rings (SSSR count). The molecule has 0 spiro atoms. The zero-order valence-electron chi connectivity index (χ0n) is 17.1. The number of halogens is 1. The van der Waals surface area contributed by atoms with Crippen LogP contribution in [0, 0.1) is 5.82 Å². The fourth-order valence-electron chi connectivity index (χ4n) is 3.99. The van der Waals surface area contributed by atoms with Crippen molar-refractivity contribution in [2.24, 2.45) is 10.1 Å². The van der Waals surface area contributed by atoms with Crippen molar-refractivity contribution < 1.29 is 18.6 Å². The summed E-state index contributed by atoms with van der Waals surface area (Å²) in [5.41, 5.74) is 2.46. The highest BCUT2D eigenvalue weighted by molar-refractivity contribution is 6.23. The Bertz CT molecular complexity index is 1170. The predicted octanol–water partition coefficient (Wildman–Crippen LogP) is 1.72. The van der Waals surface area contributed by atoms with Crippen molar-refractivity contribution in [2.45, 2.75) is 12.6 Å². The lowest BCUT2D eigenvalue weighted by molar-refractivity contribution is -0.527. The number of amidine groups is 1. The predicted molar refractivity (Wildman–Crippen MR) is 112 cm³/mol. The fourth-order valence-corrected chi connectivity index (χ4v) is 3.99. The minimum atomic E-state index is -0.716. The number of carbonyl (C=O) groups is 2. The second-order valence-corrected chi connectivity index (χ2v) is 7.64. The molecule has 3 heterocycles. The summed E-state index contributed by atoms with van der Waals surface area (Å²) in [6.07, 6.45) is 0. The Morgan fingerprint density at radius 1 is 1.03 bits per heavy atom. The van der Waals surface area contributed by atoms with Crippen LogP contribution in [0.2, 0.25) is 0 Å². The van der Waals surface area contributed by atoms with Gasteiger partial charge in [-0.15, -0.1) is 10.1 Å². The van der Waals surface area contributed by atoms with E-state index in [-0.39, 0.29) is 11.7 Å². The van der Waals surface area contributed by atoms with E-state index in [4.69, 9.17) is 5.10 Å². The van der Waals surface area contributed by atoms with Gasteiger partial charge < -0.3 is 0 Å². The van der Waals surface area contributed by atoms with Crippen molar-refractivity contribution in [3.63, 3.8) is 0 Å². The monoisotopic (exact) mass is 419 g/mol. The highest BCUT2D eigenvalue weighted by atomic mass is 19.1. The number of amides is 3. The van der Waals surface area contributed by atoms with E-state index < -0.39 is 12.1 Å². The third-order valence-electron chi connectivity index (χ3n) is 5.65. The highest BCUT2D eigenvalue weighted by Gasteiger charge is 2.54. The molecule has 31 heavy (non-hydrogen) atoms. The lowest BCUT2D eigenvalue weighted by Crippen LogP contribution is -2.62. The lowest BCUT2D eigenvalue weighted by atomic mass is 10.1. The zero-order chi connectivity index (χ0) is 21.7. The van der Waals surface area contributed by atoms with Gasteiger partial charge in [0.1, 0.15) is 24.6 Å². The Hall–Kier alpha value is -3.88. The van der Waals surface area contributed by atoms with E-state index in [1.807, 2.05) is 34.9 Å². The first-order valence-electron chi connectivity index (χ1n) is 9.86. The average Bonchev–Trinajstić information content (AvgIpc) is 3.17. The van der Waals surface area contributed by atoms with Crippen LogP contribution in [0.25, 0.3) is 0 Å². The van der Waals surface area contributed by atoms with Crippen LogP contribution in [0.15, 0.2) is 64.7 Å². The van der Waals surface area contributed by atoms with Crippen molar-refractivity contribution in [3.8, 4) is 0 Å². The molecule has 0 saturated carbocycles. The number of carbonyl (C=O) groups excluding carboxylic acids is 2. The summed E-state index contributed by atoms with van der Waals surface area (Å²) in [6.45, 7) is 0.744. The molecule has 9 heteroatoms. The van der Waals surface area contributed by atoms with Crippen molar-refractivity contribution in [1.82, 2.24) is 14.8 Å². The van der Waals surface area contributed by atoms with Crippen LogP contribution in [0.4, 0.5) is 9.18 Å². The number of benzene rings is 2. The molecule has 3 aliphatic rings. The van der Waals surface area contributed by atoms with E-state index in [9.17, 15) is 14.0 Å². The molecule has 3 aliphatic heterocycles. The van der Waals surface area contributed by atoms with Gasteiger partial charge in [-0.1, -0.05) is 47.5 Å². The Morgan fingerprint density at radius 3 is 2.45 bits per heavy atom. The normalized spacial score (nSPS) is 20.6. The molecule has 2 aromatic rings. The molecule has 8 nitrogen and oxygen atoms in total. The Labute approximate surface area is 178 Å². The fraction of sp³-hybridized carbons (Fsp3) is 0.227. The molecular formula is C22H20FN6O2+. The number of likely N-dealkylation sites (N-methyl/N-ethyl adjacent to an activating group) is 2. The number of imide groups is 1. The topological polar surface area (TPSA) is 71.6 Å². The molecule has 1 fully saturated rings. The summed E-state index contributed by atoms with van der Waals surface area (Å²) >= 11 is 0. The largest absolute Gasteiger partial charge is 0.417 e. The van der Waals surface area contributed by atoms with Crippen LogP contribution in [-0.4, -0.2) is 75.5 Å². The quantitative estimate of drug-likeness (QED) is 0.712. The van der Waals surface area contributed by atoms with Gasteiger partial charge in [0.25, 0.3) is 5.91 Å². The summed E-state index contributed by atoms with van der Waals surface area (Å²) in [6, 6.07) is 14.8. The van der Waals surface area contributed by atoms with Crippen LogP contribution in [0.1, 0.15) is 11.1 Å². The van der Waals surface area contributed by atoms with Crippen LogP contribution >= 0.6 is 0 Å². The molecular weight excluding hydrogens is 399 g/mol. The molecule has 0 radical (unpaired) electrons. The molecule has 2 aromatic carbocycles. The SMILES string of the molecule is CN1C(=O)C2C(=NC3=[N+]2CC(c2ccc(F)cc2)=NN3Cc2ccccc2)N(C)C1=O. The summed E-state index contributed by atoms with van der Waals surface area (Å²) in [4.78, 5) is 32.6. The average molecular weight is 419 g/mol. The standard InChI is InChI=1S/C22H20FN6O2/c1-26-19-18(20(30)27(2)22(26)31)28-13-17(15-8-10-16(23)11-9-15)25-29(21(28)24-19)12-14-6-4-3-5-7-14/h3-11,18H,12-13H2,1-2H3/q+1. The van der Waals surface area contributed by atoms with E-state index in [1.165, 1.54) is 24.1 Å². The van der Waals surface area contributed by atoms with Crippen LogP contribution < -0.4 is 0 Å². The van der Waals surface area contributed by atoms with E-state index in [1.54, 1.807) is 24.2 Å². The first-order valence-corrected chi connectivity index (χ1v) is 9.86.